The van der Waals surface area contributed by atoms with Crippen molar-refractivity contribution in [3.63, 3.8) is 0 Å². The topological polar surface area (TPSA) is 125 Å². The number of aryl methyl sites for hydroxylation is 2. The molecule has 0 bridgehead atoms. The zero-order chi connectivity index (χ0) is 28.8. The van der Waals surface area contributed by atoms with Crippen LogP contribution in [0.5, 0.6) is 0 Å². The number of nitrogens with one attached hydrogen (secondary N) is 3. The Balaban J connectivity index is 1.30. The Hall–Kier alpha value is -3.13. The second kappa shape index (κ2) is 13.2. The fraction of sp³-hybridized carbons (Fsp3) is 0.429. The minimum Gasteiger partial charge on any atom is -0.354 e. The molecule has 0 radical (unpaired) electrons. The lowest BCUT2D eigenvalue weighted by atomic mass is 10.1. The van der Waals surface area contributed by atoms with Crippen molar-refractivity contribution in [1.82, 2.24) is 24.7 Å². The van der Waals surface area contributed by atoms with Gasteiger partial charge in [-0.25, -0.2) is 18.1 Å². The number of sulfonamides is 1. The van der Waals surface area contributed by atoms with E-state index in [9.17, 15) is 8.42 Å². The molecule has 0 aliphatic carbocycles. The molecule has 1 saturated heterocycles. The number of hydrogen-bond acceptors (Lipinski definition) is 11. The molecule has 10 nitrogen and oxygen atoms in total. The molecule has 4 aromatic rings. The van der Waals surface area contributed by atoms with E-state index in [0.717, 1.165) is 65.5 Å². The van der Waals surface area contributed by atoms with Gasteiger partial charge in [-0.15, -0.1) is 22.7 Å². The molecule has 5 rings (SSSR count). The number of rotatable bonds is 13. The van der Waals surface area contributed by atoms with Crippen molar-refractivity contribution < 1.29 is 8.42 Å². The number of hydrogen-bond donors (Lipinski definition) is 3. The SMILES string of the molecule is CCCCNc1nc(NCc2csc(-c3cccs3)n2)nc(N2CCC[C@@H]2CNS(=O)(=O)c2ccc(C)c(C)c2)n1. The summed E-state index contributed by atoms with van der Waals surface area (Å²) >= 11 is 3.29. The zero-order valence-corrected chi connectivity index (χ0v) is 26.0. The van der Waals surface area contributed by atoms with Crippen LogP contribution in [0, 0.1) is 13.8 Å². The van der Waals surface area contributed by atoms with E-state index in [0.29, 0.717) is 24.4 Å². The van der Waals surface area contributed by atoms with Gasteiger partial charge in [0.15, 0.2) is 0 Å². The molecule has 0 unspecified atom stereocenters. The van der Waals surface area contributed by atoms with Crippen LogP contribution < -0.4 is 20.3 Å². The van der Waals surface area contributed by atoms with Gasteiger partial charge in [0, 0.05) is 31.1 Å². The Morgan fingerprint density at radius 1 is 1.02 bits per heavy atom. The molecular weight excluding hydrogens is 577 g/mol. The monoisotopic (exact) mass is 612 g/mol. The number of benzene rings is 1. The molecule has 3 N–H and O–H groups in total. The first-order chi connectivity index (χ1) is 19.8. The fourth-order valence-electron chi connectivity index (χ4n) is 4.58. The standard InChI is InChI=1S/C28H36N8O2S3/c1-4-5-12-29-26-33-27(30-16-21-18-40-25(32-21)24-9-7-14-39-24)35-28(34-26)36-13-6-8-22(36)17-31-41(37,38)23-11-10-19(2)20(3)15-23/h7,9-11,14-15,18,22,31H,4-6,8,12-13,16-17H2,1-3H3,(H2,29,30,33,34,35)/t22-/m1/s1. The number of thiophene rings is 1. The second-order valence-electron chi connectivity index (χ2n) is 10.1. The predicted molar refractivity (Wildman–Crippen MR) is 167 cm³/mol. The molecule has 1 fully saturated rings. The lowest BCUT2D eigenvalue weighted by molar-refractivity contribution is 0.565. The van der Waals surface area contributed by atoms with Crippen molar-refractivity contribution in [2.75, 3.05) is 35.2 Å². The first-order valence-electron chi connectivity index (χ1n) is 13.9. The molecule has 1 aliphatic heterocycles. The quantitative estimate of drug-likeness (QED) is 0.169. The Bertz CT molecular complexity index is 1560. The maximum atomic E-state index is 13.1. The van der Waals surface area contributed by atoms with Gasteiger partial charge in [0.25, 0.3) is 0 Å². The number of thiazole rings is 1. The molecule has 41 heavy (non-hydrogen) atoms. The number of nitrogens with zero attached hydrogens (tertiary/aromatic N) is 5. The van der Waals surface area contributed by atoms with Crippen LogP contribution >= 0.6 is 22.7 Å². The predicted octanol–water partition coefficient (Wildman–Crippen LogP) is 5.44. The van der Waals surface area contributed by atoms with E-state index in [1.807, 2.05) is 36.7 Å². The van der Waals surface area contributed by atoms with Crippen LogP contribution in [0.15, 0.2) is 46.0 Å². The molecule has 4 heterocycles. The normalized spacial score (nSPS) is 15.4. The summed E-state index contributed by atoms with van der Waals surface area (Å²) in [7, 11) is -3.64. The number of unbranched alkanes of at least 4 members (excludes halogenated alkanes) is 1. The molecule has 1 atom stereocenters. The largest absolute Gasteiger partial charge is 0.354 e. The Kier molecular flexibility index (Phi) is 9.48. The van der Waals surface area contributed by atoms with Crippen molar-refractivity contribution in [2.45, 2.75) is 63.9 Å². The highest BCUT2D eigenvalue weighted by molar-refractivity contribution is 7.89. The van der Waals surface area contributed by atoms with Gasteiger partial charge in [-0.1, -0.05) is 25.5 Å². The first-order valence-corrected chi connectivity index (χ1v) is 17.1. The fourth-order valence-corrected chi connectivity index (χ4v) is 7.37. The Labute approximate surface area is 249 Å². The van der Waals surface area contributed by atoms with Crippen LogP contribution in [-0.2, 0) is 16.6 Å². The lowest BCUT2D eigenvalue weighted by Crippen LogP contribution is -2.41. The summed E-state index contributed by atoms with van der Waals surface area (Å²) in [6.07, 6.45) is 3.82. The molecule has 1 aliphatic rings. The van der Waals surface area contributed by atoms with Crippen LogP contribution in [0.4, 0.5) is 17.8 Å². The summed E-state index contributed by atoms with van der Waals surface area (Å²) in [6, 6.07) is 9.24. The van der Waals surface area contributed by atoms with E-state index in [-0.39, 0.29) is 17.5 Å². The van der Waals surface area contributed by atoms with E-state index in [4.69, 9.17) is 15.0 Å². The highest BCUT2D eigenvalue weighted by Crippen LogP contribution is 2.28. The smallest absolute Gasteiger partial charge is 0.240 e. The highest BCUT2D eigenvalue weighted by atomic mass is 32.2. The Morgan fingerprint density at radius 2 is 1.85 bits per heavy atom. The van der Waals surface area contributed by atoms with Gasteiger partial charge < -0.3 is 15.5 Å². The molecule has 13 heteroatoms. The van der Waals surface area contributed by atoms with E-state index >= 15 is 0 Å². The van der Waals surface area contributed by atoms with Crippen molar-refractivity contribution in [3.8, 4) is 9.88 Å². The molecule has 218 valence electrons. The zero-order valence-electron chi connectivity index (χ0n) is 23.6. The van der Waals surface area contributed by atoms with Gasteiger partial charge >= 0.3 is 0 Å². The molecule has 0 saturated carbocycles. The molecule has 0 amide bonds. The van der Waals surface area contributed by atoms with Gasteiger partial charge in [-0.2, -0.15) is 15.0 Å². The third-order valence-corrected chi connectivity index (χ3v) is 10.4. The van der Waals surface area contributed by atoms with Crippen LogP contribution in [0.2, 0.25) is 0 Å². The summed E-state index contributed by atoms with van der Waals surface area (Å²) in [6.45, 7) is 8.28. The van der Waals surface area contributed by atoms with Gasteiger partial charge in [0.05, 0.1) is 22.0 Å². The highest BCUT2D eigenvalue weighted by Gasteiger charge is 2.29. The third-order valence-electron chi connectivity index (χ3n) is 7.08. The van der Waals surface area contributed by atoms with Gasteiger partial charge in [0.1, 0.15) is 5.01 Å². The minimum atomic E-state index is -3.64. The minimum absolute atomic E-state index is 0.0676. The molecule has 3 aromatic heterocycles. The average molecular weight is 613 g/mol. The third kappa shape index (κ3) is 7.39. The Morgan fingerprint density at radius 3 is 2.61 bits per heavy atom. The summed E-state index contributed by atoms with van der Waals surface area (Å²) in [5, 5.41) is 11.7. The van der Waals surface area contributed by atoms with Crippen LogP contribution in [0.1, 0.15) is 49.4 Å². The summed E-state index contributed by atoms with van der Waals surface area (Å²) in [4.78, 5) is 22.3. The average Bonchev–Trinajstić information content (AvgIpc) is 3.74. The van der Waals surface area contributed by atoms with E-state index in [1.165, 1.54) is 0 Å². The maximum absolute atomic E-state index is 13.1. The summed E-state index contributed by atoms with van der Waals surface area (Å²) in [5.74, 6) is 1.50. The van der Waals surface area contributed by atoms with Crippen molar-refractivity contribution in [3.05, 3.63) is 57.9 Å². The van der Waals surface area contributed by atoms with E-state index < -0.39 is 10.0 Å². The summed E-state index contributed by atoms with van der Waals surface area (Å²) < 4.78 is 28.9. The maximum Gasteiger partial charge on any atom is 0.240 e. The first kappa shape index (κ1) is 29.4. The second-order valence-corrected chi connectivity index (χ2v) is 13.7. The molecule has 0 spiro atoms. The van der Waals surface area contributed by atoms with Gasteiger partial charge in [0.2, 0.25) is 27.9 Å². The van der Waals surface area contributed by atoms with E-state index in [2.05, 4.69) is 38.2 Å². The van der Waals surface area contributed by atoms with Crippen molar-refractivity contribution in [1.29, 1.82) is 0 Å². The number of aromatic nitrogens is 4. The van der Waals surface area contributed by atoms with Crippen LogP contribution in [0.25, 0.3) is 9.88 Å². The summed E-state index contributed by atoms with van der Waals surface area (Å²) in [5.41, 5.74) is 2.93. The molecular formula is C28H36N8O2S3. The van der Waals surface area contributed by atoms with Gasteiger partial charge in [-0.3, -0.25) is 0 Å². The number of anilines is 3. The van der Waals surface area contributed by atoms with E-state index in [1.54, 1.807) is 34.8 Å². The van der Waals surface area contributed by atoms with Gasteiger partial charge in [-0.05, 0) is 67.8 Å². The van der Waals surface area contributed by atoms with Crippen LogP contribution in [0.3, 0.4) is 0 Å². The van der Waals surface area contributed by atoms with Crippen LogP contribution in [-0.4, -0.2) is 54.0 Å². The van der Waals surface area contributed by atoms with Crippen molar-refractivity contribution in [2.24, 2.45) is 0 Å². The lowest BCUT2D eigenvalue weighted by Gasteiger charge is -2.25. The molecule has 1 aromatic carbocycles. The van der Waals surface area contributed by atoms with Crippen molar-refractivity contribution >= 4 is 50.5 Å².